The molecule has 0 unspecified atom stereocenters. The molecule has 30 heavy (non-hydrogen) atoms. The van der Waals surface area contributed by atoms with Crippen molar-refractivity contribution in [1.29, 1.82) is 5.41 Å². The third-order valence-electron chi connectivity index (χ3n) is 6.31. The summed E-state index contributed by atoms with van der Waals surface area (Å²) in [6.07, 6.45) is 3.12. The molecule has 2 aromatic carbocycles. The number of hydrogen-bond acceptors (Lipinski definition) is 4. The summed E-state index contributed by atoms with van der Waals surface area (Å²) in [5.41, 5.74) is 10.3. The molecule has 0 bridgehead atoms. The number of nitrogens with one attached hydrogen (secondary N) is 2. The van der Waals surface area contributed by atoms with Crippen LogP contribution < -0.4 is 15.4 Å². The Labute approximate surface area is 176 Å². The van der Waals surface area contributed by atoms with Crippen molar-refractivity contribution < 1.29 is 4.74 Å². The van der Waals surface area contributed by atoms with Crippen molar-refractivity contribution in [2.75, 3.05) is 31.1 Å². The number of anilines is 1. The molecule has 7 nitrogen and oxygen atoms in total. The van der Waals surface area contributed by atoms with Gasteiger partial charge in [0.1, 0.15) is 5.75 Å². The zero-order chi connectivity index (χ0) is 20.5. The fraction of sp³-hybridized carbons (Fsp3) is 0.391. The van der Waals surface area contributed by atoms with Gasteiger partial charge in [-0.15, -0.1) is 0 Å². The number of nitrogens with zero attached hydrogens (tertiary/aromatic N) is 3. The summed E-state index contributed by atoms with van der Waals surface area (Å²) in [7, 11) is 0. The summed E-state index contributed by atoms with van der Waals surface area (Å²) in [5.74, 6) is 2.58. The molecular formula is C23H28N6O. The number of fused-ring (bicyclic) bond motifs is 2. The Bertz CT molecular complexity index is 1020. The number of H-pyrrole nitrogens is 1. The Morgan fingerprint density at radius 2 is 1.97 bits per heavy atom. The van der Waals surface area contributed by atoms with E-state index < -0.39 is 0 Å². The van der Waals surface area contributed by atoms with E-state index in [4.69, 9.17) is 20.9 Å². The Kier molecular flexibility index (Phi) is 4.94. The van der Waals surface area contributed by atoms with E-state index in [1.165, 1.54) is 11.1 Å². The number of aromatic nitrogens is 2. The molecule has 5 rings (SSSR count). The number of nitrogens with two attached hydrogens (primary N) is 1. The van der Waals surface area contributed by atoms with Gasteiger partial charge in [0.05, 0.1) is 17.6 Å². The zero-order valence-electron chi connectivity index (χ0n) is 17.1. The molecule has 1 aromatic heterocycles. The molecule has 2 aliphatic heterocycles. The van der Waals surface area contributed by atoms with E-state index in [0.717, 1.165) is 68.2 Å². The van der Waals surface area contributed by atoms with Crippen LogP contribution >= 0.6 is 0 Å². The Balaban J connectivity index is 1.16. The van der Waals surface area contributed by atoms with Gasteiger partial charge in [-0.05, 0) is 60.6 Å². The van der Waals surface area contributed by atoms with Gasteiger partial charge in [-0.2, -0.15) is 0 Å². The first kappa shape index (κ1) is 18.8. The van der Waals surface area contributed by atoms with E-state index in [1.807, 2.05) is 23.1 Å². The van der Waals surface area contributed by atoms with Gasteiger partial charge in [0, 0.05) is 26.2 Å². The van der Waals surface area contributed by atoms with Gasteiger partial charge >= 0.3 is 0 Å². The predicted molar refractivity (Wildman–Crippen MR) is 119 cm³/mol. The van der Waals surface area contributed by atoms with Crippen molar-refractivity contribution in [1.82, 2.24) is 14.9 Å². The van der Waals surface area contributed by atoms with Crippen molar-refractivity contribution in [3.05, 3.63) is 53.6 Å². The topological polar surface area (TPSA) is 94.3 Å². The molecule has 3 heterocycles. The van der Waals surface area contributed by atoms with E-state index in [1.54, 1.807) is 0 Å². The second-order valence-corrected chi connectivity index (χ2v) is 8.31. The monoisotopic (exact) mass is 404 g/mol. The molecule has 0 amide bonds. The highest BCUT2D eigenvalue weighted by Crippen LogP contribution is 2.27. The maximum atomic E-state index is 7.67. The lowest BCUT2D eigenvalue weighted by Gasteiger charge is -2.32. The number of ether oxygens (including phenoxy) is 1. The lowest BCUT2D eigenvalue weighted by Crippen LogP contribution is -2.40. The molecule has 7 heteroatoms. The number of hydrogen-bond donors (Lipinski definition) is 3. The molecule has 0 atom stereocenters. The first-order valence-corrected chi connectivity index (χ1v) is 10.7. The number of para-hydroxylation sites is 2. The maximum Gasteiger partial charge on any atom is 0.203 e. The number of imidazole rings is 1. The van der Waals surface area contributed by atoms with Gasteiger partial charge in [0.25, 0.3) is 0 Å². The highest BCUT2D eigenvalue weighted by atomic mass is 16.5. The van der Waals surface area contributed by atoms with Crippen LogP contribution in [0.1, 0.15) is 24.0 Å². The maximum absolute atomic E-state index is 7.67. The van der Waals surface area contributed by atoms with Crippen LogP contribution in [0.5, 0.6) is 5.75 Å². The van der Waals surface area contributed by atoms with Crippen LogP contribution in [-0.4, -0.2) is 47.1 Å². The average molecular weight is 405 g/mol. The minimum Gasteiger partial charge on any atom is -0.493 e. The van der Waals surface area contributed by atoms with Crippen LogP contribution in [0.2, 0.25) is 0 Å². The number of benzene rings is 2. The lowest BCUT2D eigenvalue weighted by atomic mass is 9.97. The summed E-state index contributed by atoms with van der Waals surface area (Å²) in [5, 5.41) is 7.67. The Morgan fingerprint density at radius 3 is 2.77 bits per heavy atom. The zero-order valence-corrected chi connectivity index (χ0v) is 17.1. The first-order chi connectivity index (χ1) is 14.7. The van der Waals surface area contributed by atoms with Crippen LogP contribution in [-0.2, 0) is 13.0 Å². The van der Waals surface area contributed by atoms with E-state index in [0.29, 0.717) is 12.5 Å². The molecule has 0 spiro atoms. The van der Waals surface area contributed by atoms with E-state index in [-0.39, 0.29) is 5.96 Å². The second-order valence-electron chi connectivity index (χ2n) is 8.31. The van der Waals surface area contributed by atoms with Crippen molar-refractivity contribution in [3.8, 4) is 5.75 Å². The van der Waals surface area contributed by atoms with Gasteiger partial charge in [-0.3, -0.25) is 5.41 Å². The quantitative estimate of drug-likeness (QED) is 0.459. The van der Waals surface area contributed by atoms with Crippen LogP contribution in [0.15, 0.2) is 42.5 Å². The summed E-state index contributed by atoms with van der Waals surface area (Å²) in [6, 6.07) is 14.5. The molecule has 1 saturated heterocycles. The van der Waals surface area contributed by atoms with Crippen molar-refractivity contribution in [2.24, 2.45) is 11.7 Å². The van der Waals surface area contributed by atoms with Crippen LogP contribution in [0.3, 0.4) is 0 Å². The van der Waals surface area contributed by atoms with E-state index in [2.05, 4.69) is 34.1 Å². The molecule has 156 valence electrons. The number of rotatable bonds is 4. The Hall–Kier alpha value is -3.22. The van der Waals surface area contributed by atoms with Crippen LogP contribution in [0.25, 0.3) is 11.0 Å². The van der Waals surface area contributed by atoms with Crippen LogP contribution in [0.4, 0.5) is 5.95 Å². The molecule has 1 fully saturated rings. The molecule has 0 aliphatic carbocycles. The largest absolute Gasteiger partial charge is 0.493 e. The SMILES string of the molecule is N=C(N)N1CCc2ccc(OCC3CCN(c4nc5ccccc5[nH]4)CC3)cc2C1. The number of aromatic amines is 1. The molecule has 0 radical (unpaired) electrons. The first-order valence-electron chi connectivity index (χ1n) is 10.7. The highest BCUT2D eigenvalue weighted by molar-refractivity contribution is 5.77. The standard InChI is InChI=1S/C23H28N6O/c24-22(25)29-12-9-17-5-6-19(13-18(17)14-29)30-15-16-7-10-28(11-8-16)23-26-20-3-1-2-4-21(20)27-23/h1-6,13,16H,7-12,14-15H2,(H3,24,25)(H,26,27). The minimum atomic E-state index is 0.142. The average Bonchev–Trinajstić information content (AvgIpc) is 3.22. The molecule has 3 aromatic rings. The molecule has 2 aliphatic rings. The van der Waals surface area contributed by atoms with Gasteiger partial charge in [-0.25, -0.2) is 4.98 Å². The van der Waals surface area contributed by atoms with Gasteiger partial charge in [0.2, 0.25) is 5.95 Å². The van der Waals surface area contributed by atoms with E-state index in [9.17, 15) is 0 Å². The summed E-state index contributed by atoms with van der Waals surface area (Å²) < 4.78 is 6.15. The van der Waals surface area contributed by atoms with Gasteiger partial charge in [-0.1, -0.05) is 18.2 Å². The minimum absolute atomic E-state index is 0.142. The third-order valence-corrected chi connectivity index (χ3v) is 6.31. The summed E-state index contributed by atoms with van der Waals surface area (Å²) in [6.45, 7) is 4.23. The van der Waals surface area contributed by atoms with Gasteiger partial charge in [0.15, 0.2) is 5.96 Å². The normalized spacial score (nSPS) is 17.2. The fourth-order valence-electron chi connectivity index (χ4n) is 4.44. The Morgan fingerprint density at radius 1 is 1.13 bits per heavy atom. The van der Waals surface area contributed by atoms with Crippen molar-refractivity contribution in [3.63, 3.8) is 0 Å². The van der Waals surface area contributed by atoms with Crippen LogP contribution in [0, 0.1) is 11.3 Å². The second kappa shape index (κ2) is 7.89. The van der Waals surface area contributed by atoms with Crippen molar-refractivity contribution in [2.45, 2.75) is 25.8 Å². The predicted octanol–water partition coefficient (Wildman–Crippen LogP) is 3.11. The highest BCUT2D eigenvalue weighted by Gasteiger charge is 2.22. The lowest BCUT2D eigenvalue weighted by molar-refractivity contribution is 0.222. The van der Waals surface area contributed by atoms with Gasteiger partial charge < -0.3 is 25.3 Å². The van der Waals surface area contributed by atoms with E-state index >= 15 is 0 Å². The molecular weight excluding hydrogens is 376 g/mol. The third kappa shape index (κ3) is 3.79. The molecule has 4 N–H and O–H groups in total. The smallest absolute Gasteiger partial charge is 0.203 e. The number of piperidine rings is 1. The summed E-state index contributed by atoms with van der Waals surface area (Å²) in [4.78, 5) is 12.4. The summed E-state index contributed by atoms with van der Waals surface area (Å²) >= 11 is 0. The molecule has 0 saturated carbocycles. The fourth-order valence-corrected chi connectivity index (χ4v) is 4.44. The van der Waals surface area contributed by atoms with Crippen molar-refractivity contribution >= 4 is 22.9 Å². The number of guanidine groups is 1.